The molecule has 6 nitrogen and oxygen atoms in total. The minimum atomic E-state index is 0. The van der Waals surface area contributed by atoms with Crippen molar-refractivity contribution >= 4 is 29.9 Å². The van der Waals surface area contributed by atoms with Crippen LogP contribution in [0.15, 0.2) is 21.8 Å². The third-order valence-electron chi connectivity index (χ3n) is 3.11. The first kappa shape index (κ1) is 16.8. The lowest BCUT2D eigenvalue weighted by molar-refractivity contribution is 0.169. The lowest BCUT2D eigenvalue weighted by Gasteiger charge is -2.35. The molecule has 1 aliphatic rings. The first-order valence-electron chi connectivity index (χ1n) is 6.34. The van der Waals surface area contributed by atoms with Gasteiger partial charge in [0.25, 0.3) is 0 Å². The molecular weight excluding hydrogens is 369 g/mol. The van der Waals surface area contributed by atoms with Crippen LogP contribution >= 0.6 is 24.0 Å². The lowest BCUT2D eigenvalue weighted by atomic mass is 10.3. The SMILES string of the molecule is C#CCNC(=NC)N1CCN(Cc2ccon2)CC1.I. The highest BCUT2D eigenvalue weighted by atomic mass is 127. The third kappa shape index (κ3) is 4.68. The third-order valence-corrected chi connectivity index (χ3v) is 3.11. The number of nitrogens with zero attached hydrogens (tertiary/aromatic N) is 4. The minimum absolute atomic E-state index is 0. The summed E-state index contributed by atoms with van der Waals surface area (Å²) in [5, 5.41) is 7.08. The van der Waals surface area contributed by atoms with Crippen LogP contribution in [-0.2, 0) is 6.54 Å². The van der Waals surface area contributed by atoms with Crippen LogP contribution in [0.5, 0.6) is 0 Å². The number of aliphatic imine (C=N–C) groups is 1. The van der Waals surface area contributed by atoms with E-state index in [1.807, 2.05) is 6.07 Å². The van der Waals surface area contributed by atoms with Crippen LogP contribution in [0.25, 0.3) is 0 Å². The van der Waals surface area contributed by atoms with Crippen LogP contribution in [0.4, 0.5) is 0 Å². The van der Waals surface area contributed by atoms with Crippen molar-refractivity contribution < 1.29 is 4.52 Å². The molecule has 1 aliphatic heterocycles. The Morgan fingerprint density at radius 3 is 2.80 bits per heavy atom. The zero-order valence-electron chi connectivity index (χ0n) is 11.6. The Bertz CT molecular complexity index is 446. The monoisotopic (exact) mass is 389 g/mol. The second-order valence-corrected chi connectivity index (χ2v) is 4.36. The summed E-state index contributed by atoms with van der Waals surface area (Å²) < 4.78 is 4.84. The van der Waals surface area contributed by atoms with Crippen molar-refractivity contribution in [1.29, 1.82) is 0 Å². The van der Waals surface area contributed by atoms with E-state index >= 15 is 0 Å². The number of hydrogen-bond acceptors (Lipinski definition) is 4. The van der Waals surface area contributed by atoms with Crippen molar-refractivity contribution in [3.05, 3.63) is 18.0 Å². The highest BCUT2D eigenvalue weighted by Gasteiger charge is 2.19. The van der Waals surface area contributed by atoms with E-state index in [-0.39, 0.29) is 24.0 Å². The molecule has 0 bridgehead atoms. The average molecular weight is 389 g/mol. The van der Waals surface area contributed by atoms with Gasteiger partial charge in [-0.15, -0.1) is 30.4 Å². The van der Waals surface area contributed by atoms with E-state index < -0.39 is 0 Å². The standard InChI is InChI=1S/C13H19N5O.HI/c1-3-5-15-13(14-2)18-8-6-17(7-9-18)11-12-4-10-19-16-12;/h1,4,10H,5-9,11H2,2H3,(H,14,15);1H. The quantitative estimate of drug-likeness (QED) is 0.356. The molecule has 1 aromatic rings. The molecule has 1 saturated heterocycles. The molecule has 20 heavy (non-hydrogen) atoms. The fourth-order valence-electron chi connectivity index (χ4n) is 2.13. The van der Waals surface area contributed by atoms with Gasteiger partial charge in [0.1, 0.15) is 6.26 Å². The largest absolute Gasteiger partial charge is 0.364 e. The van der Waals surface area contributed by atoms with Crippen LogP contribution < -0.4 is 5.32 Å². The number of aromatic nitrogens is 1. The number of terminal acetylenes is 1. The van der Waals surface area contributed by atoms with Gasteiger partial charge in [0.2, 0.25) is 0 Å². The van der Waals surface area contributed by atoms with Gasteiger partial charge < -0.3 is 14.7 Å². The van der Waals surface area contributed by atoms with Crippen molar-refractivity contribution in [2.45, 2.75) is 6.54 Å². The van der Waals surface area contributed by atoms with Gasteiger partial charge >= 0.3 is 0 Å². The molecule has 0 spiro atoms. The van der Waals surface area contributed by atoms with Gasteiger partial charge in [-0.05, 0) is 0 Å². The average Bonchev–Trinajstić information content (AvgIpc) is 2.94. The van der Waals surface area contributed by atoms with E-state index in [9.17, 15) is 0 Å². The van der Waals surface area contributed by atoms with E-state index in [0.717, 1.165) is 44.4 Å². The molecule has 0 unspecified atom stereocenters. The summed E-state index contributed by atoms with van der Waals surface area (Å²) >= 11 is 0. The number of guanidine groups is 1. The van der Waals surface area contributed by atoms with Gasteiger partial charge in [0.05, 0.1) is 12.2 Å². The molecule has 0 aromatic carbocycles. The van der Waals surface area contributed by atoms with Gasteiger partial charge in [0, 0.05) is 45.8 Å². The smallest absolute Gasteiger partial charge is 0.194 e. The zero-order chi connectivity index (χ0) is 13.5. The Morgan fingerprint density at radius 1 is 1.50 bits per heavy atom. The highest BCUT2D eigenvalue weighted by molar-refractivity contribution is 14.0. The molecule has 2 rings (SSSR count). The molecule has 0 saturated carbocycles. The number of hydrogen-bond donors (Lipinski definition) is 1. The summed E-state index contributed by atoms with van der Waals surface area (Å²) in [6.07, 6.45) is 6.86. The second-order valence-electron chi connectivity index (χ2n) is 4.36. The van der Waals surface area contributed by atoms with Crippen LogP contribution in [0.3, 0.4) is 0 Å². The Morgan fingerprint density at radius 2 is 2.25 bits per heavy atom. The van der Waals surface area contributed by atoms with Gasteiger partial charge in [0.15, 0.2) is 5.96 Å². The van der Waals surface area contributed by atoms with Crippen LogP contribution in [0.2, 0.25) is 0 Å². The fraction of sp³-hybridized carbons (Fsp3) is 0.538. The Labute approximate surface area is 136 Å². The van der Waals surface area contributed by atoms with Crippen LogP contribution in [0, 0.1) is 12.3 Å². The van der Waals surface area contributed by atoms with Crippen LogP contribution in [-0.4, -0.2) is 60.7 Å². The van der Waals surface area contributed by atoms with Crippen molar-refractivity contribution in [2.24, 2.45) is 4.99 Å². The van der Waals surface area contributed by atoms with Crippen molar-refractivity contribution in [1.82, 2.24) is 20.3 Å². The lowest BCUT2D eigenvalue weighted by Crippen LogP contribution is -2.52. The van der Waals surface area contributed by atoms with E-state index in [2.05, 4.69) is 31.2 Å². The Hall–Kier alpha value is -1.27. The highest BCUT2D eigenvalue weighted by Crippen LogP contribution is 2.07. The number of nitrogens with one attached hydrogen (secondary N) is 1. The molecule has 0 aliphatic carbocycles. The molecule has 1 N–H and O–H groups in total. The Balaban J connectivity index is 0.00000200. The second kappa shape index (κ2) is 8.81. The maximum Gasteiger partial charge on any atom is 0.194 e. The van der Waals surface area contributed by atoms with Gasteiger partial charge in [-0.1, -0.05) is 11.1 Å². The maximum absolute atomic E-state index is 5.25. The molecule has 0 amide bonds. The zero-order valence-corrected chi connectivity index (χ0v) is 13.9. The maximum atomic E-state index is 5.25. The van der Waals surface area contributed by atoms with E-state index in [1.165, 1.54) is 0 Å². The van der Waals surface area contributed by atoms with Crippen molar-refractivity contribution in [3.8, 4) is 12.3 Å². The number of halogens is 1. The molecule has 0 radical (unpaired) electrons. The van der Waals surface area contributed by atoms with Gasteiger partial charge in [-0.3, -0.25) is 9.89 Å². The fourth-order valence-corrected chi connectivity index (χ4v) is 2.13. The Kier molecular flexibility index (Phi) is 7.40. The summed E-state index contributed by atoms with van der Waals surface area (Å²) in [7, 11) is 1.78. The van der Waals surface area contributed by atoms with Crippen molar-refractivity contribution in [2.75, 3.05) is 39.8 Å². The summed E-state index contributed by atoms with van der Waals surface area (Å²) in [4.78, 5) is 8.81. The molecule has 2 heterocycles. The topological polar surface area (TPSA) is 56.9 Å². The van der Waals surface area contributed by atoms with Gasteiger partial charge in [-0.2, -0.15) is 0 Å². The summed E-state index contributed by atoms with van der Waals surface area (Å²) in [6.45, 7) is 5.16. The van der Waals surface area contributed by atoms with E-state index in [4.69, 9.17) is 10.9 Å². The predicted octanol–water partition coefficient (Wildman–Crippen LogP) is 0.619. The molecule has 7 heteroatoms. The summed E-state index contributed by atoms with van der Waals surface area (Å²) in [5.41, 5.74) is 0.975. The first-order valence-corrected chi connectivity index (χ1v) is 6.34. The van der Waals surface area contributed by atoms with E-state index in [1.54, 1.807) is 13.3 Å². The number of rotatable bonds is 3. The van der Waals surface area contributed by atoms with Crippen molar-refractivity contribution in [3.63, 3.8) is 0 Å². The van der Waals surface area contributed by atoms with E-state index in [0.29, 0.717) is 6.54 Å². The normalized spacial score (nSPS) is 16.4. The summed E-state index contributed by atoms with van der Waals surface area (Å²) in [6, 6.07) is 1.90. The molecule has 1 fully saturated rings. The molecule has 1 aromatic heterocycles. The molecular formula is C13H20IN5O. The molecule has 0 atom stereocenters. The van der Waals surface area contributed by atoms with Crippen LogP contribution in [0.1, 0.15) is 5.69 Å². The summed E-state index contributed by atoms with van der Waals surface area (Å²) in [5.74, 6) is 3.44. The molecule has 110 valence electrons. The minimum Gasteiger partial charge on any atom is -0.364 e. The van der Waals surface area contributed by atoms with Gasteiger partial charge in [-0.25, -0.2) is 0 Å². The predicted molar refractivity (Wildman–Crippen MR) is 89.0 cm³/mol. The first-order chi connectivity index (χ1) is 9.33. The number of piperazine rings is 1.